The standard InChI is InChI=1S/C12H8FN3O3/c13-9-3-1-2-8(6-9)12(17)15-11-5-4-10(7-14-11)16(18)19/h1-7H,(H,14,15,17). The molecule has 6 nitrogen and oxygen atoms in total. The first kappa shape index (κ1) is 12.6. The maximum atomic E-state index is 12.9. The van der Waals surface area contributed by atoms with Gasteiger partial charge in [0.15, 0.2) is 0 Å². The average Bonchev–Trinajstić information content (AvgIpc) is 2.39. The summed E-state index contributed by atoms with van der Waals surface area (Å²) in [7, 11) is 0. The summed E-state index contributed by atoms with van der Waals surface area (Å²) in [5, 5.41) is 12.8. The van der Waals surface area contributed by atoms with Crippen LogP contribution >= 0.6 is 0 Å². The molecule has 0 aliphatic carbocycles. The van der Waals surface area contributed by atoms with Gasteiger partial charge in [0.2, 0.25) is 0 Å². The predicted octanol–water partition coefficient (Wildman–Crippen LogP) is 2.38. The Morgan fingerprint density at radius 3 is 2.68 bits per heavy atom. The lowest BCUT2D eigenvalue weighted by Crippen LogP contribution is -2.13. The lowest BCUT2D eigenvalue weighted by atomic mass is 10.2. The van der Waals surface area contributed by atoms with Crippen LogP contribution in [0.2, 0.25) is 0 Å². The molecule has 0 unspecified atom stereocenters. The third-order valence-electron chi connectivity index (χ3n) is 2.29. The van der Waals surface area contributed by atoms with Crippen LogP contribution in [-0.4, -0.2) is 15.8 Å². The van der Waals surface area contributed by atoms with Gasteiger partial charge in [-0.2, -0.15) is 0 Å². The summed E-state index contributed by atoms with van der Waals surface area (Å²) >= 11 is 0. The van der Waals surface area contributed by atoms with E-state index in [9.17, 15) is 19.3 Å². The Morgan fingerprint density at radius 1 is 1.32 bits per heavy atom. The number of pyridine rings is 1. The number of anilines is 1. The molecular formula is C12H8FN3O3. The lowest BCUT2D eigenvalue weighted by molar-refractivity contribution is -0.385. The normalized spacial score (nSPS) is 9.95. The highest BCUT2D eigenvalue weighted by molar-refractivity contribution is 6.03. The topological polar surface area (TPSA) is 85.1 Å². The van der Waals surface area contributed by atoms with Gasteiger partial charge in [0.05, 0.1) is 4.92 Å². The third-order valence-corrected chi connectivity index (χ3v) is 2.29. The van der Waals surface area contributed by atoms with Gasteiger partial charge in [-0.3, -0.25) is 14.9 Å². The Hall–Kier alpha value is -2.83. The fourth-order valence-electron chi connectivity index (χ4n) is 1.39. The average molecular weight is 261 g/mol. The zero-order valence-electron chi connectivity index (χ0n) is 9.54. The molecule has 0 bridgehead atoms. The molecule has 1 N–H and O–H groups in total. The maximum absolute atomic E-state index is 12.9. The van der Waals surface area contributed by atoms with E-state index >= 15 is 0 Å². The van der Waals surface area contributed by atoms with Crippen LogP contribution in [0, 0.1) is 15.9 Å². The van der Waals surface area contributed by atoms with Crippen molar-refractivity contribution >= 4 is 17.4 Å². The zero-order chi connectivity index (χ0) is 13.8. The van der Waals surface area contributed by atoms with Crippen molar-refractivity contribution in [2.75, 3.05) is 5.32 Å². The van der Waals surface area contributed by atoms with Crippen LogP contribution in [-0.2, 0) is 0 Å². The van der Waals surface area contributed by atoms with Crippen molar-refractivity contribution in [2.24, 2.45) is 0 Å². The number of nitro groups is 1. The molecule has 0 aliphatic rings. The Balaban J connectivity index is 2.13. The van der Waals surface area contributed by atoms with E-state index in [-0.39, 0.29) is 17.1 Å². The molecule has 2 aromatic rings. The van der Waals surface area contributed by atoms with E-state index in [0.717, 1.165) is 12.3 Å². The van der Waals surface area contributed by atoms with Gasteiger partial charge in [-0.15, -0.1) is 0 Å². The zero-order valence-corrected chi connectivity index (χ0v) is 9.54. The molecule has 0 saturated carbocycles. The second kappa shape index (κ2) is 5.21. The van der Waals surface area contributed by atoms with E-state index in [1.165, 1.54) is 30.3 Å². The number of amides is 1. The molecule has 0 fully saturated rings. The Morgan fingerprint density at radius 2 is 2.11 bits per heavy atom. The van der Waals surface area contributed by atoms with E-state index < -0.39 is 16.6 Å². The van der Waals surface area contributed by atoms with Gasteiger partial charge in [0.1, 0.15) is 17.8 Å². The molecular weight excluding hydrogens is 253 g/mol. The van der Waals surface area contributed by atoms with Crippen molar-refractivity contribution in [3.8, 4) is 0 Å². The van der Waals surface area contributed by atoms with Gasteiger partial charge < -0.3 is 5.32 Å². The van der Waals surface area contributed by atoms with Crippen LogP contribution in [0.1, 0.15) is 10.4 Å². The van der Waals surface area contributed by atoms with Crippen LogP contribution in [0.25, 0.3) is 0 Å². The van der Waals surface area contributed by atoms with Crippen molar-refractivity contribution in [3.05, 3.63) is 64.1 Å². The number of carbonyl (C=O) groups excluding carboxylic acids is 1. The fraction of sp³-hybridized carbons (Fsp3) is 0. The second-order valence-electron chi connectivity index (χ2n) is 3.62. The van der Waals surface area contributed by atoms with Crippen LogP contribution in [0.4, 0.5) is 15.9 Å². The smallest absolute Gasteiger partial charge is 0.287 e. The second-order valence-corrected chi connectivity index (χ2v) is 3.62. The minimum absolute atomic E-state index is 0.139. The first-order chi connectivity index (χ1) is 9.06. The number of aromatic nitrogens is 1. The van der Waals surface area contributed by atoms with E-state index in [4.69, 9.17) is 0 Å². The molecule has 1 aromatic carbocycles. The quantitative estimate of drug-likeness (QED) is 0.679. The minimum Gasteiger partial charge on any atom is -0.307 e. The Labute approximate surface area is 107 Å². The fourth-order valence-corrected chi connectivity index (χ4v) is 1.39. The highest BCUT2D eigenvalue weighted by Crippen LogP contribution is 2.13. The van der Waals surface area contributed by atoms with Gasteiger partial charge in [-0.1, -0.05) is 6.07 Å². The van der Waals surface area contributed by atoms with Gasteiger partial charge >= 0.3 is 0 Å². The third kappa shape index (κ3) is 3.09. The monoisotopic (exact) mass is 261 g/mol. The van der Waals surface area contributed by atoms with Crippen LogP contribution in [0.15, 0.2) is 42.6 Å². The lowest BCUT2D eigenvalue weighted by Gasteiger charge is -2.03. The number of halogens is 1. The molecule has 0 saturated heterocycles. The molecule has 0 atom stereocenters. The number of hydrogen-bond acceptors (Lipinski definition) is 4. The number of benzene rings is 1. The van der Waals surface area contributed by atoms with E-state index in [0.29, 0.717) is 0 Å². The number of nitrogens with one attached hydrogen (secondary N) is 1. The van der Waals surface area contributed by atoms with Crippen LogP contribution in [0.3, 0.4) is 0 Å². The van der Waals surface area contributed by atoms with Gasteiger partial charge in [-0.05, 0) is 24.3 Å². The largest absolute Gasteiger partial charge is 0.307 e. The Kier molecular flexibility index (Phi) is 3.46. The van der Waals surface area contributed by atoms with E-state index in [1.54, 1.807) is 0 Å². The van der Waals surface area contributed by atoms with Gasteiger partial charge in [0.25, 0.3) is 11.6 Å². The summed E-state index contributed by atoms with van der Waals surface area (Å²) in [4.78, 5) is 25.3. The summed E-state index contributed by atoms with van der Waals surface area (Å²) in [5.74, 6) is -0.912. The molecule has 0 radical (unpaired) electrons. The van der Waals surface area contributed by atoms with Crippen LogP contribution < -0.4 is 5.32 Å². The summed E-state index contributed by atoms with van der Waals surface area (Å²) in [6.07, 6.45) is 1.03. The highest BCUT2D eigenvalue weighted by Gasteiger charge is 2.09. The van der Waals surface area contributed by atoms with Crippen molar-refractivity contribution in [3.63, 3.8) is 0 Å². The summed E-state index contributed by atoms with van der Waals surface area (Å²) in [5.41, 5.74) is -0.0380. The van der Waals surface area contributed by atoms with Crippen molar-refractivity contribution in [1.82, 2.24) is 4.98 Å². The molecule has 0 aliphatic heterocycles. The van der Waals surface area contributed by atoms with Gasteiger partial charge in [-0.25, -0.2) is 9.37 Å². The first-order valence-electron chi connectivity index (χ1n) is 5.23. The summed E-state index contributed by atoms with van der Waals surface area (Å²) in [6, 6.07) is 7.68. The minimum atomic E-state index is -0.592. The predicted molar refractivity (Wildman–Crippen MR) is 65.2 cm³/mol. The van der Waals surface area contributed by atoms with E-state index in [2.05, 4.69) is 10.3 Å². The number of rotatable bonds is 3. The van der Waals surface area contributed by atoms with E-state index in [1.807, 2.05) is 0 Å². The first-order valence-corrected chi connectivity index (χ1v) is 5.23. The van der Waals surface area contributed by atoms with Gasteiger partial charge in [0, 0.05) is 11.6 Å². The SMILES string of the molecule is O=C(Nc1ccc([N+](=O)[O-])cn1)c1cccc(F)c1. The number of carbonyl (C=O) groups is 1. The van der Waals surface area contributed by atoms with Crippen molar-refractivity contribution < 1.29 is 14.1 Å². The summed E-state index contributed by atoms with van der Waals surface area (Å²) < 4.78 is 12.9. The molecule has 1 amide bonds. The Bertz CT molecular complexity index is 628. The molecule has 19 heavy (non-hydrogen) atoms. The molecule has 1 aromatic heterocycles. The molecule has 0 spiro atoms. The highest BCUT2D eigenvalue weighted by atomic mass is 19.1. The molecule has 1 heterocycles. The summed E-state index contributed by atoms with van der Waals surface area (Å²) in [6.45, 7) is 0. The van der Waals surface area contributed by atoms with Crippen molar-refractivity contribution in [2.45, 2.75) is 0 Å². The number of nitrogens with zero attached hydrogens (tertiary/aromatic N) is 2. The van der Waals surface area contributed by atoms with Crippen LogP contribution in [0.5, 0.6) is 0 Å². The molecule has 7 heteroatoms. The maximum Gasteiger partial charge on any atom is 0.287 e. The number of hydrogen-bond donors (Lipinski definition) is 1. The van der Waals surface area contributed by atoms with Crippen molar-refractivity contribution in [1.29, 1.82) is 0 Å². The molecule has 2 rings (SSSR count). The molecule has 96 valence electrons.